The van der Waals surface area contributed by atoms with Crippen LogP contribution in [0, 0.1) is 5.92 Å². The molecule has 2 unspecified atom stereocenters. The fraction of sp³-hybridized carbons (Fsp3) is 0.899. The molecule has 0 bridgehead atoms. The number of carbonyl (C=O) groups is 4. The van der Waals surface area contributed by atoms with Crippen LogP contribution < -0.4 is 0 Å². The van der Waals surface area contributed by atoms with E-state index in [0.717, 1.165) is 115 Å². The summed E-state index contributed by atoms with van der Waals surface area (Å²) in [6.45, 7) is 7.22. The Morgan fingerprint density at radius 3 is 0.837 bits per heavy atom. The summed E-state index contributed by atoms with van der Waals surface area (Å²) in [7, 11) is -9.93. The lowest BCUT2D eigenvalue weighted by Crippen LogP contribution is -2.30. The monoisotopic (exact) mass is 1430 g/mol. The molecule has 0 radical (unpaired) electrons. The van der Waals surface area contributed by atoms with Gasteiger partial charge in [0.2, 0.25) is 0 Å². The highest BCUT2D eigenvalue weighted by molar-refractivity contribution is 7.47. The average molecular weight is 1430 g/mol. The number of esters is 4. The van der Waals surface area contributed by atoms with Crippen molar-refractivity contribution in [1.29, 1.82) is 0 Å². The molecule has 98 heavy (non-hydrogen) atoms. The summed E-state index contributed by atoms with van der Waals surface area (Å²) in [5, 5.41) is 10.6. The number of unbranched alkanes of at least 4 members (excludes halogenated alkanes) is 46. The smallest absolute Gasteiger partial charge is 0.462 e. The van der Waals surface area contributed by atoms with Crippen LogP contribution in [0.25, 0.3) is 0 Å². The van der Waals surface area contributed by atoms with Gasteiger partial charge in [-0.1, -0.05) is 341 Å². The molecule has 5 atom stereocenters. The lowest BCUT2D eigenvalue weighted by Gasteiger charge is -2.21. The van der Waals surface area contributed by atoms with Gasteiger partial charge in [0.1, 0.15) is 19.3 Å². The third-order valence-corrected chi connectivity index (χ3v) is 19.8. The van der Waals surface area contributed by atoms with E-state index in [4.69, 9.17) is 37.0 Å². The lowest BCUT2D eigenvalue weighted by atomic mass is 10.0. The molecule has 0 amide bonds. The number of allylic oxidation sites excluding steroid dienone is 4. The molecule has 578 valence electrons. The first-order chi connectivity index (χ1) is 47.5. The van der Waals surface area contributed by atoms with Gasteiger partial charge in [-0.25, -0.2) is 9.13 Å². The SMILES string of the molecule is CCCCCC/C=C\C=C/CCCCCCCC(=O)O[C@H](COC(=O)CCCCCCCCCCC(C)C)COP(=O)(O)OC[C@H](O)COP(=O)(O)OC[C@@H](COC(=O)CCCCCCCCCCCCCCCCCC)OC(=O)CCCCCCCCCCCCCCCCCC. The number of ether oxygens (including phenoxy) is 4. The minimum atomic E-state index is -4.97. The maximum atomic E-state index is 13.1. The quantitative estimate of drug-likeness (QED) is 0.0169. The summed E-state index contributed by atoms with van der Waals surface area (Å²) in [4.78, 5) is 72.9. The van der Waals surface area contributed by atoms with E-state index in [1.165, 1.54) is 199 Å². The second-order valence-electron chi connectivity index (χ2n) is 28.2. The van der Waals surface area contributed by atoms with Crippen LogP contribution in [0.3, 0.4) is 0 Å². The van der Waals surface area contributed by atoms with Crippen molar-refractivity contribution < 1.29 is 80.2 Å². The molecular formula is C79H150O17P2. The van der Waals surface area contributed by atoms with Crippen molar-refractivity contribution in [2.24, 2.45) is 5.92 Å². The maximum absolute atomic E-state index is 13.1. The fourth-order valence-corrected chi connectivity index (χ4v) is 13.3. The molecule has 17 nitrogen and oxygen atoms in total. The maximum Gasteiger partial charge on any atom is 0.472 e. The van der Waals surface area contributed by atoms with Crippen molar-refractivity contribution >= 4 is 39.5 Å². The van der Waals surface area contributed by atoms with Gasteiger partial charge in [-0.3, -0.25) is 37.3 Å². The van der Waals surface area contributed by atoms with Gasteiger partial charge in [0.15, 0.2) is 12.2 Å². The van der Waals surface area contributed by atoms with Crippen LogP contribution in [0.5, 0.6) is 0 Å². The second-order valence-corrected chi connectivity index (χ2v) is 31.2. The number of hydrogen-bond acceptors (Lipinski definition) is 15. The van der Waals surface area contributed by atoms with Crippen LogP contribution in [-0.2, 0) is 65.4 Å². The van der Waals surface area contributed by atoms with E-state index >= 15 is 0 Å². The second kappa shape index (κ2) is 71.5. The Bertz CT molecular complexity index is 1970. The Balaban J connectivity index is 5.29. The van der Waals surface area contributed by atoms with E-state index in [-0.39, 0.29) is 25.7 Å². The lowest BCUT2D eigenvalue weighted by molar-refractivity contribution is -0.161. The predicted molar refractivity (Wildman–Crippen MR) is 400 cm³/mol. The average Bonchev–Trinajstić information content (AvgIpc) is 1.08. The highest BCUT2D eigenvalue weighted by Crippen LogP contribution is 2.45. The van der Waals surface area contributed by atoms with Crippen LogP contribution in [-0.4, -0.2) is 96.7 Å². The predicted octanol–water partition coefficient (Wildman–Crippen LogP) is 23.2. The number of hydrogen-bond donors (Lipinski definition) is 3. The first-order valence-electron chi connectivity index (χ1n) is 40.5. The van der Waals surface area contributed by atoms with E-state index in [2.05, 4.69) is 58.9 Å². The molecule has 0 saturated carbocycles. The van der Waals surface area contributed by atoms with E-state index in [0.29, 0.717) is 25.7 Å². The topological polar surface area (TPSA) is 237 Å². The Morgan fingerprint density at radius 1 is 0.316 bits per heavy atom. The van der Waals surface area contributed by atoms with Crippen molar-refractivity contribution in [1.82, 2.24) is 0 Å². The van der Waals surface area contributed by atoms with E-state index in [1.807, 2.05) is 0 Å². The van der Waals surface area contributed by atoms with Crippen LogP contribution in [0.15, 0.2) is 24.3 Å². The van der Waals surface area contributed by atoms with Gasteiger partial charge in [0.05, 0.1) is 26.4 Å². The minimum absolute atomic E-state index is 0.0849. The van der Waals surface area contributed by atoms with Crippen molar-refractivity contribution in [2.75, 3.05) is 39.6 Å². The molecular weight excluding hydrogens is 1280 g/mol. The fourth-order valence-electron chi connectivity index (χ4n) is 11.7. The minimum Gasteiger partial charge on any atom is -0.462 e. The molecule has 19 heteroatoms. The third-order valence-electron chi connectivity index (χ3n) is 17.9. The number of carbonyl (C=O) groups excluding carboxylic acids is 4. The van der Waals surface area contributed by atoms with Gasteiger partial charge in [-0.05, 0) is 57.3 Å². The zero-order chi connectivity index (χ0) is 71.9. The number of aliphatic hydroxyl groups excluding tert-OH is 1. The van der Waals surface area contributed by atoms with E-state index in [9.17, 15) is 43.2 Å². The zero-order valence-electron chi connectivity index (χ0n) is 63.4. The zero-order valence-corrected chi connectivity index (χ0v) is 65.2. The molecule has 0 fully saturated rings. The van der Waals surface area contributed by atoms with Crippen molar-refractivity contribution in [3.8, 4) is 0 Å². The van der Waals surface area contributed by atoms with Crippen molar-refractivity contribution in [3.05, 3.63) is 24.3 Å². The summed E-state index contributed by atoms with van der Waals surface area (Å²) >= 11 is 0. The normalized spacial score (nSPS) is 14.1. The van der Waals surface area contributed by atoms with Crippen molar-refractivity contribution in [3.63, 3.8) is 0 Å². The Hall–Kier alpha value is -2.46. The van der Waals surface area contributed by atoms with Gasteiger partial charge in [-0.15, -0.1) is 0 Å². The first-order valence-corrected chi connectivity index (χ1v) is 43.4. The van der Waals surface area contributed by atoms with Gasteiger partial charge < -0.3 is 33.8 Å². The molecule has 0 heterocycles. The van der Waals surface area contributed by atoms with Crippen LogP contribution in [0.2, 0.25) is 0 Å². The van der Waals surface area contributed by atoms with Gasteiger partial charge >= 0.3 is 39.5 Å². The Morgan fingerprint density at radius 2 is 0.551 bits per heavy atom. The molecule has 0 aromatic rings. The van der Waals surface area contributed by atoms with Gasteiger partial charge in [0.25, 0.3) is 0 Å². The van der Waals surface area contributed by atoms with E-state index < -0.39 is 97.5 Å². The molecule has 0 spiro atoms. The molecule has 3 N–H and O–H groups in total. The number of aliphatic hydroxyl groups is 1. The first kappa shape index (κ1) is 95.5. The Kier molecular flexibility index (Phi) is 69.7. The number of rotatable bonds is 77. The van der Waals surface area contributed by atoms with Crippen LogP contribution >= 0.6 is 15.6 Å². The highest BCUT2D eigenvalue weighted by Gasteiger charge is 2.30. The molecule has 0 aromatic heterocycles. The number of phosphoric acid groups is 2. The molecule has 0 saturated heterocycles. The molecule has 0 aliphatic carbocycles. The molecule has 0 aliphatic heterocycles. The molecule has 0 rings (SSSR count). The van der Waals surface area contributed by atoms with Gasteiger partial charge in [0, 0.05) is 25.7 Å². The van der Waals surface area contributed by atoms with Crippen LogP contribution in [0.4, 0.5) is 0 Å². The Labute approximate surface area is 599 Å². The standard InChI is InChI=1S/C79H150O17P2/c1-6-9-12-15-18-21-24-27-30-33-35-38-41-47-52-57-62-76(81)89-68-74(95-78(83)65-60-55-50-43-40-37-34-31-28-25-22-19-16-13-10-7-2)70-93-97(85,86)91-66-73(80)67-92-98(87,88)94-71-75(69-90-77(82)63-58-53-48-45-44-46-51-56-61-72(4)5)96-79(84)64-59-54-49-42-39-36-32-29-26-23-20-17-14-11-8-3/h23,26,29,32,72-75,80H,6-22,24-25,27-28,30-31,33-71H2,1-5H3,(H,85,86)(H,87,88)/b26-23-,32-29-/t73-,74-,75-/m1/s1. The van der Waals surface area contributed by atoms with Crippen molar-refractivity contribution in [2.45, 2.75) is 412 Å². The summed E-state index contributed by atoms with van der Waals surface area (Å²) < 4.78 is 68.6. The molecule has 0 aliphatic rings. The van der Waals surface area contributed by atoms with E-state index in [1.54, 1.807) is 0 Å². The summed E-state index contributed by atoms with van der Waals surface area (Å²) in [5.74, 6) is -1.42. The van der Waals surface area contributed by atoms with Gasteiger partial charge in [-0.2, -0.15) is 0 Å². The largest absolute Gasteiger partial charge is 0.472 e. The summed E-state index contributed by atoms with van der Waals surface area (Å²) in [6.07, 6.45) is 64.6. The van der Waals surface area contributed by atoms with Crippen LogP contribution in [0.1, 0.15) is 394 Å². The summed E-state index contributed by atoms with van der Waals surface area (Å²) in [5.41, 5.74) is 0. The number of phosphoric ester groups is 2. The molecule has 0 aromatic carbocycles. The third kappa shape index (κ3) is 71.9. The summed E-state index contributed by atoms with van der Waals surface area (Å²) in [6, 6.07) is 0. The highest BCUT2D eigenvalue weighted by atomic mass is 31.2.